The minimum atomic E-state index is -3.76. The lowest BCUT2D eigenvalue weighted by Crippen LogP contribution is -2.35. The first-order valence-electron chi connectivity index (χ1n) is 10.7. The van der Waals surface area contributed by atoms with Crippen LogP contribution in [0.25, 0.3) is 0 Å². The van der Waals surface area contributed by atoms with Crippen molar-refractivity contribution in [1.29, 1.82) is 0 Å². The first-order chi connectivity index (χ1) is 16.0. The number of methoxy groups -OCH3 is 1. The first-order valence-corrected chi connectivity index (χ1v) is 12.2. The number of benzene rings is 2. The van der Waals surface area contributed by atoms with Gasteiger partial charge in [-0.3, -0.25) is 4.79 Å². The van der Waals surface area contributed by atoms with Crippen molar-refractivity contribution >= 4 is 21.6 Å². The fourth-order valence-corrected chi connectivity index (χ4v) is 5.58. The molecule has 1 aromatic heterocycles. The highest BCUT2D eigenvalue weighted by molar-refractivity contribution is 7.89. The average Bonchev–Trinajstić information content (AvgIpc) is 3.38. The Kier molecular flexibility index (Phi) is 6.99. The fraction of sp³-hybridized carbons (Fsp3) is 0.364. The van der Waals surface area contributed by atoms with Gasteiger partial charge in [0.2, 0.25) is 15.9 Å². The Hall–Kier alpha value is -3.31. The zero-order valence-electron chi connectivity index (χ0n) is 18.3. The average molecular weight is 471 g/mol. The molecule has 1 fully saturated rings. The molecule has 4 rings (SSSR count). The summed E-state index contributed by atoms with van der Waals surface area (Å²) in [5.74, 6) is -0.127. The second kappa shape index (κ2) is 10.1. The number of nitrogens with zero attached hydrogens (tertiary/aromatic N) is 5. The molecule has 0 radical (unpaired) electrons. The number of ether oxygens (including phenoxy) is 1. The maximum absolute atomic E-state index is 13.3. The van der Waals surface area contributed by atoms with Crippen LogP contribution in [0.5, 0.6) is 5.75 Å². The molecule has 1 amide bonds. The van der Waals surface area contributed by atoms with Crippen molar-refractivity contribution < 1.29 is 17.9 Å². The van der Waals surface area contributed by atoms with Crippen LogP contribution >= 0.6 is 0 Å². The molecule has 3 aromatic rings. The van der Waals surface area contributed by atoms with Crippen molar-refractivity contribution in [3.05, 3.63) is 60.4 Å². The van der Waals surface area contributed by atoms with Gasteiger partial charge in [0, 0.05) is 25.2 Å². The predicted octanol–water partition coefficient (Wildman–Crippen LogP) is 2.28. The molecular formula is C22H26N6O4S. The van der Waals surface area contributed by atoms with Crippen LogP contribution in [-0.4, -0.2) is 59.0 Å². The van der Waals surface area contributed by atoms with Crippen molar-refractivity contribution in [2.24, 2.45) is 0 Å². The summed E-state index contributed by atoms with van der Waals surface area (Å²) in [5, 5.41) is 14.0. The predicted molar refractivity (Wildman–Crippen MR) is 121 cm³/mol. The van der Waals surface area contributed by atoms with E-state index in [2.05, 4.69) is 20.8 Å². The maximum Gasteiger partial charge on any atom is 0.249 e. The zero-order chi connectivity index (χ0) is 23.3. The molecule has 11 heteroatoms. The van der Waals surface area contributed by atoms with Crippen LogP contribution in [0.3, 0.4) is 0 Å². The van der Waals surface area contributed by atoms with Crippen molar-refractivity contribution in [3.63, 3.8) is 0 Å². The summed E-state index contributed by atoms with van der Waals surface area (Å²) in [4.78, 5) is 13.2. The minimum Gasteiger partial charge on any atom is -0.495 e. The Labute approximate surface area is 192 Å². The summed E-state index contributed by atoms with van der Waals surface area (Å²) in [7, 11) is -2.33. The van der Waals surface area contributed by atoms with Crippen LogP contribution in [0.15, 0.2) is 59.8 Å². The highest BCUT2D eigenvalue weighted by Gasteiger charge is 2.30. The molecule has 1 N–H and O–H groups in total. The quantitative estimate of drug-likeness (QED) is 0.536. The molecule has 1 saturated heterocycles. The lowest BCUT2D eigenvalue weighted by Gasteiger charge is -2.26. The largest absolute Gasteiger partial charge is 0.495 e. The molecule has 1 aliphatic rings. The Morgan fingerprint density at radius 3 is 2.55 bits per heavy atom. The summed E-state index contributed by atoms with van der Waals surface area (Å²) in [6.45, 7) is 0.945. The molecule has 10 nitrogen and oxygen atoms in total. The van der Waals surface area contributed by atoms with E-state index in [-0.39, 0.29) is 16.6 Å². The molecule has 1 atom stereocenters. The van der Waals surface area contributed by atoms with Gasteiger partial charge in [0.1, 0.15) is 23.0 Å². The third-order valence-corrected chi connectivity index (χ3v) is 7.54. The van der Waals surface area contributed by atoms with Crippen LogP contribution in [0.4, 0.5) is 5.69 Å². The Balaban J connectivity index is 1.60. The number of tetrazole rings is 1. The van der Waals surface area contributed by atoms with Crippen molar-refractivity contribution in [1.82, 2.24) is 24.5 Å². The van der Waals surface area contributed by atoms with E-state index in [4.69, 9.17) is 4.74 Å². The number of aromatic nitrogens is 4. The SMILES string of the molecule is COc1ccc(NC(=O)[C@@H](Cc2ccccc2)n2cnnn2)cc1S(=O)(=O)N1CCCCC1. The van der Waals surface area contributed by atoms with Crippen LogP contribution in [-0.2, 0) is 21.2 Å². The van der Waals surface area contributed by atoms with Crippen molar-refractivity contribution in [2.45, 2.75) is 36.6 Å². The summed E-state index contributed by atoms with van der Waals surface area (Å²) < 4.78 is 34.7. The van der Waals surface area contributed by atoms with Crippen LogP contribution < -0.4 is 10.1 Å². The smallest absolute Gasteiger partial charge is 0.249 e. The standard InChI is InChI=1S/C22H26N6O4S/c1-32-20-11-10-18(15-21(20)33(30,31)27-12-6-3-7-13-27)24-22(29)19(28-16-23-25-26-28)14-17-8-4-2-5-9-17/h2,4-5,8-11,15-16,19H,3,6-7,12-14H2,1H3,(H,24,29)/t19-/m1/s1. The Bertz CT molecular complexity index is 1180. The van der Waals surface area contributed by atoms with Gasteiger partial charge in [0.25, 0.3) is 0 Å². The normalized spacial score (nSPS) is 15.7. The molecule has 2 aromatic carbocycles. The topological polar surface area (TPSA) is 119 Å². The molecule has 33 heavy (non-hydrogen) atoms. The molecule has 0 unspecified atom stereocenters. The number of carbonyl (C=O) groups excluding carboxylic acids is 1. The number of anilines is 1. The van der Waals surface area contributed by atoms with Gasteiger partial charge in [-0.25, -0.2) is 13.1 Å². The van der Waals surface area contributed by atoms with E-state index in [0.29, 0.717) is 25.2 Å². The number of hydrogen-bond acceptors (Lipinski definition) is 7. The molecule has 0 saturated carbocycles. The molecule has 0 bridgehead atoms. The highest BCUT2D eigenvalue weighted by Crippen LogP contribution is 2.31. The summed E-state index contributed by atoms with van der Waals surface area (Å²) >= 11 is 0. The van der Waals surface area contributed by atoms with Gasteiger partial charge < -0.3 is 10.1 Å². The molecular weight excluding hydrogens is 444 g/mol. The van der Waals surface area contributed by atoms with Gasteiger partial charge in [0.05, 0.1) is 7.11 Å². The number of rotatable bonds is 8. The number of piperidine rings is 1. The Morgan fingerprint density at radius 1 is 1.12 bits per heavy atom. The van der Waals surface area contributed by atoms with E-state index < -0.39 is 16.1 Å². The first kappa shape index (κ1) is 22.9. The van der Waals surface area contributed by atoms with E-state index in [9.17, 15) is 13.2 Å². The van der Waals surface area contributed by atoms with E-state index in [1.807, 2.05) is 30.3 Å². The number of hydrogen-bond donors (Lipinski definition) is 1. The van der Waals surface area contributed by atoms with Crippen LogP contribution in [0.2, 0.25) is 0 Å². The number of carbonyl (C=O) groups is 1. The molecule has 1 aliphatic heterocycles. The van der Waals surface area contributed by atoms with Gasteiger partial charge in [-0.1, -0.05) is 36.8 Å². The zero-order valence-corrected chi connectivity index (χ0v) is 19.1. The van der Waals surface area contributed by atoms with E-state index in [0.717, 1.165) is 24.8 Å². The second-order valence-electron chi connectivity index (χ2n) is 7.81. The summed E-state index contributed by atoms with van der Waals surface area (Å²) in [6, 6.07) is 13.4. The van der Waals surface area contributed by atoms with Crippen LogP contribution in [0.1, 0.15) is 30.9 Å². The Morgan fingerprint density at radius 2 is 1.88 bits per heavy atom. The number of amides is 1. The second-order valence-corrected chi connectivity index (χ2v) is 9.72. The molecule has 174 valence electrons. The van der Waals surface area contributed by atoms with Crippen molar-refractivity contribution in [3.8, 4) is 5.75 Å². The van der Waals surface area contributed by atoms with Crippen LogP contribution in [0, 0.1) is 0 Å². The molecule has 0 spiro atoms. The van der Waals surface area contributed by atoms with Gasteiger partial charge in [-0.15, -0.1) is 5.10 Å². The third-order valence-electron chi connectivity index (χ3n) is 5.62. The van der Waals surface area contributed by atoms with E-state index >= 15 is 0 Å². The monoisotopic (exact) mass is 470 g/mol. The highest BCUT2D eigenvalue weighted by atomic mass is 32.2. The molecule has 0 aliphatic carbocycles. The van der Waals surface area contributed by atoms with Gasteiger partial charge in [-0.2, -0.15) is 4.31 Å². The minimum absolute atomic E-state index is 0.0340. The molecule has 2 heterocycles. The lowest BCUT2D eigenvalue weighted by molar-refractivity contribution is -0.119. The van der Waals surface area contributed by atoms with Crippen molar-refractivity contribution in [2.75, 3.05) is 25.5 Å². The third kappa shape index (κ3) is 5.20. The number of sulfonamides is 1. The lowest BCUT2D eigenvalue weighted by atomic mass is 10.1. The van der Waals surface area contributed by atoms with Gasteiger partial charge in [-0.05, 0) is 47.0 Å². The van der Waals surface area contributed by atoms with Gasteiger partial charge in [0.15, 0.2) is 0 Å². The summed E-state index contributed by atoms with van der Waals surface area (Å²) in [6.07, 6.45) is 4.41. The summed E-state index contributed by atoms with van der Waals surface area (Å²) in [5.41, 5.74) is 1.29. The maximum atomic E-state index is 13.3. The van der Waals surface area contributed by atoms with E-state index in [1.54, 1.807) is 12.1 Å². The van der Waals surface area contributed by atoms with E-state index in [1.165, 1.54) is 28.5 Å². The number of nitrogens with one attached hydrogen (secondary N) is 1. The fourth-order valence-electron chi connectivity index (χ4n) is 3.88. The van der Waals surface area contributed by atoms with Gasteiger partial charge >= 0.3 is 0 Å².